The maximum atomic E-state index is 11.3. The van der Waals surface area contributed by atoms with Crippen LogP contribution in [0.15, 0.2) is 47.5 Å². The number of hydrogen-bond donors (Lipinski definition) is 0. The van der Waals surface area contributed by atoms with E-state index in [1.54, 1.807) is 24.3 Å². The highest BCUT2D eigenvalue weighted by Gasteiger charge is 2.06. The lowest BCUT2D eigenvalue weighted by molar-refractivity contribution is 0.481. The van der Waals surface area contributed by atoms with Gasteiger partial charge in [-0.25, -0.2) is 13.4 Å². The average Bonchev–Trinajstić information content (AvgIpc) is 2.28. The van der Waals surface area contributed by atoms with Crippen LogP contribution in [-0.4, -0.2) is 19.7 Å². The quantitative estimate of drug-likeness (QED) is 0.813. The third-order valence-corrected chi connectivity index (χ3v) is 3.52. The molecule has 0 unspecified atom stereocenters. The van der Waals surface area contributed by atoms with Gasteiger partial charge in [-0.15, -0.1) is 0 Å². The molecule has 0 saturated carbocycles. The van der Waals surface area contributed by atoms with Gasteiger partial charge in [0.1, 0.15) is 16.7 Å². The number of halogens is 1. The molecule has 0 amide bonds. The molecule has 0 aliphatic rings. The molecule has 4 nitrogen and oxygen atoms in total. The van der Waals surface area contributed by atoms with Crippen LogP contribution in [-0.2, 0) is 9.84 Å². The Kier molecular flexibility index (Phi) is 3.54. The number of pyridine rings is 1. The SMILES string of the molecule is CS(=O)(=O)c1ccc(Oc2ccnc(Cl)c2)cc1. The summed E-state index contributed by atoms with van der Waals surface area (Å²) in [4.78, 5) is 4.09. The summed E-state index contributed by atoms with van der Waals surface area (Å²) in [6, 6.07) is 9.40. The third kappa shape index (κ3) is 3.21. The van der Waals surface area contributed by atoms with Gasteiger partial charge in [0, 0.05) is 18.5 Å². The Bertz CT molecular complexity index is 653. The number of nitrogens with zero attached hydrogens (tertiary/aromatic N) is 1. The summed E-state index contributed by atoms with van der Waals surface area (Å²) in [6.07, 6.45) is 2.69. The molecular formula is C12H10ClNO3S. The molecule has 2 aromatic rings. The maximum Gasteiger partial charge on any atom is 0.175 e. The lowest BCUT2D eigenvalue weighted by atomic mass is 10.3. The highest BCUT2D eigenvalue weighted by molar-refractivity contribution is 7.90. The van der Waals surface area contributed by atoms with Crippen LogP contribution in [0.5, 0.6) is 11.5 Å². The lowest BCUT2D eigenvalue weighted by Crippen LogP contribution is -1.96. The Morgan fingerprint density at radius 3 is 2.33 bits per heavy atom. The summed E-state index contributed by atoms with van der Waals surface area (Å²) >= 11 is 5.73. The molecule has 1 aromatic carbocycles. The molecule has 0 saturated heterocycles. The Hall–Kier alpha value is -1.59. The number of hydrogen-bond acceptors (Lipinski definition) is 4. The molecule has 18 heavy (non-hydrogen) atoms. The highest BCUT2D eigenvalue weighted by atomic mass is 35.5. The molecule has 6 heteroatoms. The zero-order valence-corrected chi connectivity index (χ0v) is 11.1. The van der Waals surface area contributed by atoms with Crippen molar-refractivity contribution in [2.75, 3.05) is 6.26 Å². The average molecular weight is 284 g/mol. The molecule has 0 atom stereocenters. The van der Waals surface area contributed by atoms with Crippen LogP contribution in [0.4, 0.5) is 0 Å². The normalized spacial score (nSPS) is 11.2. The molecule has 0 aliphatic carbocycles. The van der Waals surface area contributed by atoms with E-state index < -0.39 is 9.84 Å². The lowest BCUT2D eigenvalue weighted by Gasteiger charge is -2.06. The van der Waals surface area contributed by atoms with E-state index in [2.05, 4.69) is 4.98 Å². The third-order valence-electron chi connectivity index (χ3n) is 2.19. The molecule has 1 heterocycles. The minimum Gasteiger partial charge on any atom is -0.457 e. The van der Waals surface area contributed by atoms with Gasteiger partial charge < -0.3 is 4.74 Å². The van der Waals surface area contributed by atoms with Gasteiger partial charge >= 0.3 is 0 Å². The topological polar surface area (TPSA) is 56.3 Å². The fourth-order valence-corrected chi connectivity index (χ4v) is 2.13. The molecule has 0 spiro atoms. The summed E-state index contributed by atoms with van der Waals surface area (Å²) in [5.41, 5.74) is 0. The fraction of sp³-hybridized carbons (Fsp3) is 0.0833. The summed E-state index contributed by atoms with van der Waals surface area (Å²) < 4.78 is 28.1. The monoisotopic (exact) mass is 283 g/mol. The smallest absolute Gasteiger partial charge is 0.175 e. The first-order valence-electron chi connectivity index (χ1n) is 5.05. The van der Waals surface area contributed by atoms with Crippen LogP contribution < -0.4 is 4.74 Å². The van der Waals surface area contributed by atoms with Gasteiger partial charge in [0.05, 0.1) is 4.90 Å². The van der Waals surface area contributed by atoms with Crippen molar-refractivity contribution >= 4 is 21.4 Å². The fourth-order valence-electron chi connectivity index (χ4n) is 1.34. The molecule has 0 N–H and O–H groups in total. The van der Waals surface area contributed by atoms with E-state index in [0.29, 0.717) is 16.7 Å². The molecule has 0 fully saturated rings. The van der Waals surface area contributed by atoms with Crippen LogP contribution in [0.2, 0.25) is 5.15 Å². The second-order valence-corrected chi connectivity index (χ2v) is 6.06. The van der Waals surface area contributed by atoms with Gasteiger partial charge in [-0.1, -0.05) is 11.6 Å². The van der Waals surface area contributed by atoms with E-state index in [9.17, 15) is 8.42 Å². The van der Waals surface area contributed by atoms with Crippen molar-refractivity contribution in [3.8, 4) is 11.5 Å². The number of aromatic nitrogens is 1. The zero-order chi connectivity index (χ0) is 13.2. The van der Waals surface area contributed by atoms with Crippen molar-refractivity contribution in [1.82, 2.24) is 4.98 Å². The van der Waals surface area contributed by atoms with Gasteiger partial charge in [0.2, 0.25) is 0 Å². The van der Waals surface area contributed by atoms with E-state index in [-0.39, 0.29) is 4.90 Å². The first kappa shape index (κ1) is 12.9. The molecule has 2 rings (SSSR count). The summed E-state index contributed by atoms with van der Waals surface area (Å²) in [5, 5.41) is 0.334. The van der Waals surface area contributed by atoms with E-state index in [1.165, 1.54) is 18.3 Å². The highest BCUT2D eigenvalue weighted by Crippen LogP contribution is 2.24. The molecule has 94 valence electrons. The van der Waals surface area contributed by atoms with Crippen molar-refractivity contribution in [3.63, 3.8) is 0 Å². The zero-order valence-electron chi connectivity index (χ0n) is 9.50. The van der Waals surface area contributed by atoms with E-state index >= 15 is 0 Å². The second kappa shape index (κ2) is 4.96. The van der Waals surface area contributed by atoms with Crippen LogP contribution in [0, 0.1) is 0 Å². The summed E-state index contributed by atoms with van der Waals surface area (Å²) in [7, 11) is -3.19. The van der Waals surface area contributed by atoms with Crippen LogP contribution in [0.25, 0.3) is 0 Å². The predicted molar refractivity (Wildman–Crippen MR) is 68.9 cm³/mol. The number of rotatable bonds is 3. The van der Waals surface area contributed by atoms with Gasteiger partial charge in [-0.2, -0.15) is 0 Å². The minimum absolute atomic E-state index is 0.252. The second-order valence-electron chi connectivity index (χ2n) is 3.66. The maximum absolute atomic E-state index is 11.3. The van der Waals surface area contributed by atoms with Crippen LogP contribution >= 0.6 is 11.6 Å². The predicted octanol–water partition coefficient (Wildman–Crippen LogP) is 2.93. The largest absolute Gasteiger partial charge is 0.457 e. The molecule has 0 aliphatic heterocycles. The van der Waals surface area contributed by atoms with Crippen molar-refractivity contribution in [1.29, 1.82) is 0 Å². The number of benzene rings is 1. The van der Waals surface area contributed by atoms with Crippen molar-refractivity contribution in [2.24, 2.45) is 0 Å². The van der Waals surface area contributed by atoms with Gasteiger partial charge in [0.15, 0.2) is 9.84 Å². The Balaban J connectivity index is 2.21. The molecule has 1 aromatic heterocycles. The Morgan fingerprint density at radius 2 is 1.78 bits per heavy atom. The minimum atomic E-state index is -3.19. The Morgan fingerprint density at radius 1 is 1.11 bits per heavy atom. The van der Waals surface area contributed by atoms with Gasteiger partial charge in [-0.05, 0) is 30.3 Å². The van der Waals surface area contributed by atoms with Crippen molar-refractivity contribution in [2.45, 2.75) is 4.90 Å². The number of sulfone groups is 1. The van der Waals surface area contributed by atoms with Crippen LogP contribution in [0.1, 0.15) is 0 Å². The van der Waals surface area contributed by atoms with Gasteiger partial charge in [-0.3, -0.25) is 0 Å². The van der Waals surface area contributed by atoms with E-state index in [0.717, 1.165) is 6.26 Å². The first-order chi connectivity index (χ1) is 8.45. The summed E-state index contributed by atoms with van der Waals surface area (Å²) in [5.74, 6) is 1.08. The Labute approximate surface area is 110 Å². The molecule has 0 radical (unpaired) electrons. The first-order valence-corrected chi connectivity index (χ1v) is 7.31. The molecule has 0 bridgehead atoms. The van der Waals surface area contributed by atoms with E-state index in [4.69, 9.17) is 16.3 Å². The van der Waals surface area contributed by atoms with Crippen molar-refractivity contribution in [3.05, 3.63) is 47.7 Å². The van der Waals surface area contributed by atoms with Gasteiger partial charge in [0.25, 0.3) is 0 Å². The summed E-state index contributed by atoms with van der Waals surface area (Å²) in [6.45, 7) is 0. The van der Waals surface area contributed by atoms with E-state index in [1.807, 2.05) is 0 Å². The standard InChI is InChI=1S/C12H10ClNO3S/c1-18(15,16)11-4-2-9(3-5-11)17-10-6-7-14-12(13)8-10/h2-8H,1H3. The van der Waals surface area contributed by atoms with Crippen molar-refractivity contribution < 1.29 is 13.2 Å². The molecular weight excluding hydrogens is 274 g/mol. The number of ether oxygens (including phenoxy) is 1. The van der Waals surface area contributed by atoms with Crippen LogP contribution in [0.3, 0.4) is 0 Å².